The van der Waals surface area contributed by atoms with Gasteiger partial charge in [-0.3, -0.25) is 14.5 Å². The van der Waals surface area contributed by atoms with Crippen LogP contribution in [0.4, 0.5) is 5.69 Å². The molecule has 0 N–H and O–H groups in total. The van der Waals surface area contributed by atoms with Crippen molar-refractivity contribution >= 4 is 54.2 Å². The van der Waals surface area contributed by atoms with Gasteiger partial charge in [-0.25, -0.2) is 13.3 Å². The fourth-order valence-electron chi connectivity index (χ4n) is 4.61. The molecule has 3 aromatic carbocycles. The second-order valence-corrected chi connectivity index (χ2v) is 10.9. The first-order valence-corrected chi connectivity index (χ1v) is 12.9. The summed E-state index contributed by atoms with van der Waals surface area (Å²) in [5.41, 5.74) is 0.598. The van der Waals surface area contributed by atoms with Gasteiger partial charge in [0.2, 0.25) is 15.9 Å². The number of carbonyl (C=O) groups excluding carboxylic acids is 2. The van der Waals surface area contributed by atoms with Crippen molar-refractivity contribution < 1.29 is 18.0 Å². The van der Waals surface area contributed by atoms with Gasteiger partial charge in [-0.05, 0) is 39.5 Å². The molecule has 2 fully saturated rings. The number of nitrogens with zero attached hydrogens (tertiary/aromatic N) is 3. The van der Waals surface area contributed by atoms with Gasteiger partial charge in [0.05, 0.1) is 23.0 Å². The highest BCUT2D eigenvalue weighted by Gasteiger charge is 2.44. The van der Waals surface area contributed by atoms with Gasteiger partial charge < -0.3 is 0 Å². The topological polar surface area (TPSA) is 78.0 Å². The quantitative estimate of drug-likeness (QED) is 0.486. The van der Waals surface area contributed by atoms with Crippen LogP contribution in [-0.4, -0.2) is 61.7 Å². The molecule has 7 nitrogen and oxygen atoms in total. The maximum absolute atomic E-state index is 13.3. The van der Waals surface area contributed by atoms with Crippen LogP contribution in [0.5, 0.6) is 0 Å². The zero-order valence-corrected chi connectivity index (χ0v) is 20.1. The van der Waals surface area contributed by atoms with E-state index in [2.05, 4.69) is 15.9 Å². The molecule has 0 radical (unpaired) electrons. The Kier molecular flexibility index (Phi) is 5.82. The van der Waals surface area contributed by atoms with Gasteiger partial charge in [-0.1, -0.05) is 48.5 Å². The third kappa shape index (κ3) is 3.89. The highest BCUT2D eigenvalue weighted by molar-refractivity contribution is 9.10. The van der Waals surface area contributed by atoms with Crippen molar-refractivity contribution in [2.24, 2.45) is 0 Å². The first kappa shape index (κ1) is 22.2. The van der Waals surface area contributed by atoms with Gasteiger partial charge >= 0.3 is 0 Å². The van der Waals surface area contributed by atoms with Gasteiger partial charge in [0.15, 0.2) is 0 Å². The van der Waals surface area contributed by atoms with Crippen LogP contribution in [0.2, 0.25) is 0 Å². The van der Waals surface area contributed by atoms with E-state index in [1.54, 1.807) is 30.3 Å². The Balaban J connectivity index is 1.33. The van der Waals surface area contributed by atoms with Crippen LogP contribution in [-0.2, 0) is 19.6 Å². The van der Waals surface area contributed by atoms with E-state index in [0.29, 0.717) is 23.2 Å². The van der Waals surface area contributed by atoms with Gasteiger partial charge in [0.25, 0.3) is 5.91 Å². The molecule has 0 spiro atoms. The van der Waals surface area contributed by atoms with Gasteiger partial charge in [-0.2, -0.15) is 4.31 Å². The van der Waals surface area contributed by atoms with E-state index in [4.69, 9.17) is 0 Å². The molecular weight excluding hydrogens is 506 g/mol. The fourth-order valence-corrected chi connectivity index (χ4v) is 6.99. The molecule has 5 rings (SSSR count). The minimum Gasteiger partial charge on any atom is -0.289 e. The number of amides is 2. The predicted octanol–water partition coefficient (Wildman–Crippen LogP) is 3.24. The summed E-state index contributed by atoms with van der Waals surface area (Å²) in [6.07, 6.45) is 0.0963. The zero-order chi connectivity index (χ0) is 23.2. The zero-order valence-electron chi connectivity index (χ0n) is 17.7. The Labute approximate surface area is 200 Å². The summed E-state index contributed by atoms with van der Waals surface area (Å²) < 4.78 is 28.1. The van der Waals surface area contributed by atoms with Crippen molar-refractivity contribution in [2.75, 3.05) is 31.1 Å². The van der Waals surface area contributed by atoms with E-state index in [-0.39, 0.29) is 36.2 Å². The first-order valence-electron chi connectivity index (χ1n) is 10.7. The summed E-state index contributed by atoms with van der Waals surface area (Å²) in [5, 5.41) is 1.82. The number of hydrogen-bond donors (Lipinski definition) is 0. The molecule has 0 aliphatic carbocycles. The van der Waals surface area contributed by atoms with Crippen molar-refractivity contribution in [1.29, 1.82) is 0 Å². The van der Waals surface area contributed by atoms with Crippen molar-refractivity contribution in [2.45, 2.75) is 17.4 Å². The van der Waals surface area contributed by atoms with E-state index >= 15 is 0 Å². The van der Waals surface area contributed by atoms with Crippen LogP contribution in [0.3, 0.4) is 0 Å². The number of piperazine rings is 1. The molecule has 3 aromatic rings. The fraction of sp³-hybridized carbons (Fsp3) is 0.250. The molecule has 0 saturated carbocycles. The number of fused-ring (bicyclic) bond motifs is 1. The number of imide groups is 1. The lowest BCUT2D eigenvalue weighted by Gasteiger charge is -2.36. The minimum atomic E-state index is -3.64. The summed E-state index contributed by atoms with van der Waals surface area (Å²) in [6.45, 7) is 1.29. The van der Waals surface area contributed by atoms with Gasteiger partial charge in [0, 0.05) is 36.0 Å². The molecule has 1 atom stereocenters. The Morgan fingerprint density at radius 3 is 2.24 bits per heavy atom. The van der Waals surface area contributed by atoms with Crippen molar-refractivity contribution in [1.82, 2.24) is 9.21 Å². The Hall–Kier alpha value is -2.59. The molecule has 2 aliphatic heterocycles. The largest absolute Gasteiger partial charge is 0.289 e. The summed E-state index contributed by atoms with van der Waals surface area (Å²) in [5.74, 6) is -0.483. The van der Waals surface area contributed by atoms with Crippen molar-refractivity contribution in [3.63, 3.8) is 0 Å². The van der Waals surface area contributed by atoms with Crippen LogP contribution in [0.25, 0.3) is 10.8 Å². The highest BCUT2D eigenvalue weighted by Crippen LogP contribution is 2.33. The lowest BCUT2D eigenvalue weighted by molar-refractivity contribution is -0.123. The summed E-state index contributed by atoms with van der Waals surface area (Å²) in [6, 6.07) is 19.4. The molecule has 9 heteroatoms. The second kappa shape index (κ2) is 8.64. The molecule has 0 bridgehead atoms. The molecule has 1 unspecified atom stereocenters. The molecule has 2 heterocycles. The molecule has 2 aliphatic rings. The third-order valence-electron chi connectivity index (χ3n) is 6.30. The Bertz CT molecular complexity index is 1350. The van der Waals surface area contributed by atoms with Crippen LogP contribution in [0.1, 0.15) is 6.42 Å². The van der Waals surface area contributed by atoms with E-state index < -0.39 is 16.1 Å². The smallest absolute Gasteiger partial charge is 0.251 e. The maximum Gasteiger partial charge on any atom is 0.251 e. The van der Waals surface area contributed by atoms with Crippen molar-refractivity contribution in [3.05, 3.63) is 71.2 Å². The number of sulfonamides is 1. The summed E-state index contributed by atoms with van der Waals surface area (Å²) >= 11 is 3.32. The van der Waals surface area contributed by atoms with Crippen LogP contribution in [0, 0.1) is 0 Å². The highest BCUT2D eigenvalue weighted by atomic mass is 79.9. The van der Waals surface area contributed by atoms with Crippen molar-refractivity contribution in [3.8, 4) is 0 Å². The Morgan fingerprint density at radius 1 is 0.818 bits per heavy atom. The van der Waals surface area contributed by atoms with Crippen LogP contribution >= 0.6 is 15.9 Å². The number of benzene rings is 3. The van der Waals surface area contributed by atoms with Crippen LogP contribution < -0.4 is 4.90 Å². The lowest BCUT2D eigenvalue weighted by atomic mass is 10.1. The maximum atomic E-state index is 13.3. The van der Waals surface area contributed by atoms with E-state index in [1.807, 2.05) is 41.3 Å². The minimum absolute atomic E-state index is 0.0963. The monoisotopic (exact) mass is 527 g/mol. The van der Waals surface area contributed by atoms with Crippen LogP contribution in [0.15, 0.2) is 76.1 Å². The number of anilines is 1. The molecular formula is C24H22BrN3O4S. The standard InChI is InChI=1S/C24H22BrN3O4S/c25-19-9-3-4-11-22(19)33(31,32)27-14-12-26(13-15-27)21-16-23(29)28(24(21)30)20-10-5-7-17-6-1-2-8-18(17)20/h1-11,21H,12-16H2. The van der Waals surface area contributed by atoms with E-state index in [0.717, 1.165) is 10.8 Å². The Morgan fingerprint density at radius 2 is 1.48 bits per heavy atom. The molecule has 2 amide bonds. The average molecular weight is 528 g/mol. The normalized spacial score (nSPS) is 20.6. The molecule has 33 heavy (non-hydrogen) atoms. The third-order valence-corrected chi connectivity index (χ3v) is 9.21. The molecule has 0 aromatic heterocycles. The average Bonchev–Trinajstić information content (AvgIpc) is 3.12. The SMILES string of the molecule is O=C1CC(N2CCN(S(=O)(=O)c3ccccc3Br)CC2)C(=O)N1c1cccc2ccccc12. The second-order valence-electron chi connectivity index (χ2n) is 8.16. The molecule has 170 valence electrons. The van der Waals surface area contributed by atoms with E-state index in [1.165, 1.54) is 9.21 Å². The van der Waals surface area contributed by atoms with Gasteiger partial charge in [0.1, 0.15) is 0 Å². The number of rotatable bonds is 4. The summed E-state index contributed by atoms with van der Waals surface area (Å²) in [4.78, 5) is 29.7. The number of halogens is 1. The predicted molar refractivity (Wildman–Crippen MR) is 129 cm³/mol. The van der Waals surface area contributed by atoms with Gasteiger partial charge in [-0.15, -0.1) is 0 Å². The first-order chi connectivity index (χ1) is 15.9. The number of carbonyl (C=O) groups is 2. The van der Waals surface area contributed by atoms with E-state index in [9.17, 15) is 18.0 Å². The lowest BCUT2D eigenvalue weighted by Crippen LogP contribution is -2.53. The molecule has 2 saturated heterocycles. The summed E-state index contributed by atoms with van der Waals surface area (Å²) in [7, 11) is -3.64. The number of hydrogen-bond acceptors (Lipinski definition) is 5.